The first-order valence-electron chi connectivity index (χ1n) is 8.25. The lowest BCUT2D eigenvalue weighted by Gasteiger charge is -2.20. The fourth-order valence-electron chi connectivity index (χ4n) is 3.26. The van der Waals surface area contributed by atoms with E-state index >= 15 is 0 Å². The smallest absolute Gasteiger partial charge is 0.321 e. The van der Waals surface area contributed by atoms with Crippen LogP contribution in [0.5, 0.6) is 0 Å². The Morgan fingerprint density at radius 1 is 1.21 bits per heavy atom. The predicted octanol–water partition coefficient (Wildman–Crippen LogP) is 2.11. The van der Waals surface area contributed by atoms with Gasteiger partial charge in [-0.15, -0.1) is 0 Å². The molecule has 1 amide bonds. The molecule has 4 rings (SSSR count). The Morgan fingerprint density at radius 2 is 1.89 bits per heavy atom. The van der Waals surface area contributed by atoms with Gasteiger partial charge in [0, 0.05) is 28.4 Å². The van der Waals surface area contributed by atoms with Crippen molar-refractivity contribution in [2.24, 2.45) is 0 Å². The lowest BCUT2D eigenvalue weighted by molar-refractivity contribution is -0.117. The normalized spacial score (nSPS) is 14.0. The molecule has 0 spiro atoms. The standard InChI is InChI=1S/C18H14F2N3O4P/c1-9-2-3-12-17-10(7-21-18(12)22-9)4-16(24)23(17)8-13-14(19)5-11(6-15(13)20)28(25,26)27/h2-3,5-7H,4,8H2,1H3,(H2,25,26,27). The molecule has 1 aliphatic heterocycles. The van der Waals surface area contributed by atoms with Crippen molar-refractivity contribution in [2.75, 3.05) is 4.90 Å². The number of fused-ring (bicyclic) bond motifs is 3. The zero-order valence-corrected chi connectivity index (χ0v) is 15.5. The van der Waals surface area contributed by atoms with E-state index in [0.717, 1.165) is 5.69 Å². The minimum absolute atomic E-state index is 0.0377. The summed E-state index contributed by atoms with van der Waals surface area (Å²) in [6, 6.07) is 4.69. The summed E-state index contributed by atoms with van der Waals surface area (Å²) < 4.78 is 40.1. The number of rotatable bonds is 3. The highest BCUT2D eigenvalue weighted by Crippen LogP contribution is 2.37. The molecule has 0 fully saturated rings. The van der Waals surface area contributed by atoms with E-state index in [-0.39, 0.29) is 12.3 Å². The Kier molecular flexibility index (Phi) is 4.26. The second kappa shape index (κ2) is 6.41. The van der Waals surface area contributed by atoms with Gasteiger partial charge in [-0.05, 0) is 31.2 Å². The number of hydrogen-bond acceptors (Lipinski definition) is 4. The Morgan fingerprint density at radius 3 is 2.54 bits per heavy atom. The lowest BCUT2D eigenvalue weighted by Crippen LogP contribution is -2.28. The van der Waals surface area contributed by atoms with Crippen LogP contribution in [0.2, 0.25) is 0 Å². The molecule has 2 aromatic heterocycles. The monoisotopic (exact) mass is 405 g/mol. The summed E-state index contributed by atoms with van der Waals surface area (Å²) in [6.45, 7) is 1.38. The zero-order valence-electron chi connectivity index (χ0n) is 14.6. The van der Waals surface area contributed by atoms with Gasteiger partial charge >= 0.3 is 7.60 Å². The second-order valence-electron chi connectivity index (χ2n) is 6.54. The van der Waals surface area contributed by atoms with E-state index in [2.05, 4.69) is 9.97 Å². The summed E-state index contributed by atoms with van der Waals surface area (Å²) in [5, 5.41) is -0.171. The Balaban J connectivity index is 1.81. The van der Waals surface area contributed by atoms with Crippen LogP contribution < -0.4 is 10.2 Å². The number of carbonyl (C=O) groups is 1. The van der Waals surface area contributed by atoms with Gasteiger partial charge in [-0.3, -0.25) is 9.36 Å². The van der Waals surface area contributed by atoms with Crippen LogP contribution in [0.1, 0.15) is 16.8 Å². The van der Waals surface area contributed by atoms with Gasteiger partial charge in [-0.1, -0.05) is 0 Å². The third kappa shape index (κ3) is 3.07. The summed E-state index contributed by atoms with van der Waals surface area (Å²) in [6.07, 6.45) is 1.56. The van der Waals surface area contributed by atoms with Gasteiger partial charge in [0.1, 0.15) is 11.6 Å². The summed E-state index contributed by atoms with van der Waals surface area (Å²) in [4.78, 5) is 40.5. The average Bonchev–Trinajstić information content (AvgIpc) is 2.92. The number of aromatic nitrogens is 2. The fourth-order valence-corrected chi connectivity index (χ4v) is 3.83. The molecule has 0 aliphatic carbocycles. The van der Waals surface area contributed by atoms with Gasteiger partial charge in [0.2, 0.25) is 5.91 Å². The molecular weight excluding hydrogens is 391 g/mol. The van der Waals surface area contributed by atoms with Crippen LogP contribution >= 0.6 is 7.60 Å². The summed E-state index contributed by atoms with van der Waals surface area (Å²) >= 11 is 0. The van der Waals surface area contributed by atoms with Crippen molar-refractivity contribution >= 4 is 35.5 Å². The van der Waals surface area contributed by atoms with E-state index in [4.69, 9.17) is 9.79 Å². The Bertz CT molecular complexity index is 1170. The SMILES string of the molecule is Cc1ccc2c3c(cnc2n1)CC(=O)N3Cc1c(F)cc(P(=O)(O)O)cc1F. The van der Waals surface area contributed by atoms with Crippen molar-refractivity contribution in [1.82, 2.24) is 9.97 Å². The zero-order chi connectivity index (χ0) is 20.2. The number of carbonyl (C=O) groups excluding carboxylic acids is 1. The van der Waals surface area contributed by atoms with Crippen molar-refractivity contribution in [3.63, 3.8) is 0 Å². The van der Waals surface area contributed by atoms with Crippen LogP contribution in [0.25, 0.3) is 11.0 Å². The number of amides is 1. The maximum Gasteiger partial charge on any atom is 0.356 e. The van der Waals surface area contributed by atoms with Crippen molar-refractivity contribution in [3.05, 3.63) is 58.9 Å². The minimum atomic E-state index is -4.81. The van der Waals surface area contributed by atoms with E-state index in [1.54, 1.807) is 19.1 Å². The van der Waals surface area contributed by atoms with Crippen molar-refractivity contribution in [3.8, 4) is 0 Å². The van der Waals surface area contributed by atoms with Crippen LogP contribution in [-0.2, 0) is 22.3 Å². The number of halogens is 2. The van der Waals surface area contributed by atoms with Crippen molar-refractivity contribution in [1.29, 1.82) is 0 Å². The van der Waals surface area contributed by atoms with Gasteiger partial charge < -0.3 is 14.7 Å². The average molecular weight is 405 g/mol. The molecule has 28 heavy (non-hydrogen) atoms. The van der Waals surface area contributed by atoms with Gasteiger partial charge in [0.05, 0.1) is 24.0 Å². The van der Waals surface area contributed by atoms with Gasteiger partial charge in [0.15, 0.2) is 5.65 Å². The summed E-state index contributed by atoms with van der Waals surface area (Å²) in [5.74, 6) is -2.62. The van der Waals surface area contributed by atoms with Crippen LogP contribution in [0.15, 0.2) is 30.5 Å². The first-order chi connectivity index (χ1) is 13.1. The molecule has 0 unspecified atom stereocenters. The number of pyridine rings is 2. The number of aryl methyl sites for hydroxylation is 1. The number of anilines is 1. The molecule has 3 aromatic rings. The molecule has 1 aliphatic rings. The maximum absolute atomic E-state index is 14.4. The molecule has 0 saturated heterocycles. The number of hydrogen-bond donors (Lipinski definition) is 2. The van der Waals surface area contributed by atoms with E-state index < -0.39 is 36.6 Å². The highest BCUT2D eigenvalue weighted by Gasteiger charge is 2.32. The number of nitrogens with zero attached hydrogens (tertiary/aromatic N) is 3. The maximum atomic E-state index is 14.4. The van der Waals surface area contributed by atoms with Gasteiger partial charge in [-0.2, -0.15) is 0 Å². The molecule has 10 heteroatoms. The molecule has 7 nitrogen and oxygen atoms in total. The third-order valence-electron chi connectivity index (χ3n) is 4.61. The topological polar surface area (TPSA) is 104 Å². The molecule has 144 valence electrons. The molecule has 0 saturated carbocycles. The second-order valence-corrected chi connectivity index (χ2v) is 8.15. The molecule has 3 heterocycles. The van der Waals surface area contributed by atoms with Gasteiger partial charge in [-0.25, -0.2) is 18.7 Å². The fraction of sp³-hybridized carbons (Fsp3) is 0.167. The lowest BCUT2D eigenvalue weighted by atomic mass is 10.1. The summed E-state index contributed by atoms with van der Waals surface area (Å²) in [7, 11) is -4.81. The van der Waals surface area contributed by atoms with Gasteiger partial charge in [0.25, 0.3) is 0 Å². The van der Waals surface area contributed by atoms with E-state index in [1.807, 2.05) is 0 Å². The highest BCUT2D eigenvalue weighted by atomic mass is 31.2. The quantitative estimate of drug-likeness (QED) is 0.647. The van der Waals surface area contributed by atoms with Crippen LogP contribution in [-0.4, -0.2) is 25.7 Å². The van der Waals surface area contributed by atoms with Crippen molar-refractivity contribution < 1.29 is 27.9 Å². The predicted molar refractivity (Wildman–Crippen MR) is 97.2 cm³/mol. The van der Waals surface area contributed by atoms with Crippen LogP contribution in [0.4, 0.5) is 14.5 Å². The van der Waals surface area contributed by atoms with Crippen molar-refractivity contribution in [2.45, 2.75) is 19.9 Å². The molecule has 0 radical (unpaired) electrons. The third-order valence-corrected chi connectivity index (χ3v) is 5.54. The Labute approximate surface area is 157 Å². The highest BCUT2D eigenvalue weighted by molar-refractivity contribution is 7.60. The molecule has 1 aromatic carbocycles. The molecule has 2 N–H and O–H groups in total. The first kappa shape index (κ1) is 18.6. The first-order valence-corrected chi connectivity index (χ1v) is 9.86. The largest absolute Gasteiger partial charge is 0.356 e. The van der Waals surface area contributed by atoms with Crippen LogP contribution in [0, 0.1) is 18.6 Å². The van der Waals surface area contributed by atoms with E-state index in [0.29, 0.717) is 34.4 Å². The molecular formula is C18H14F2N3O4P. The minimum Gasteiger partial charge on any atom is -0.321 e. The van der Waals surface area contributed by atoms with E-state index in [9.17, 15) is 18.1 Å². The summed E-state index contributed by atoms with van der Waals surface area (Å²) in [5.41, 5.74) is 1.80. The van der Waals surface area contributed by atoms with E-state index in [1.165, 1.54) is 11.1 Å². The van der Waals surface area contributed by atoms with Crippen LogP contribution in [0.3, 0.4) is 0 Å². The number of benzene rings is 1. The molecule has 0 bridgehead atoms. The molecule has 0 atom stereocenters. The Hall–Kier alpha value is -2.74.